The Morgan fingerprint density at radius 1 is 1.39 bits per heavy atom. The Balaban J connectivity index is 1.92. The number of likely N-dealkylation sites (N-methyl/N-ethyl adjacent to an activating group) is 1. The van der Waals surface area contributed by atoms with Crippen molar-refractivity contribution in [3.8, 4) is 0 Å². The second-order valence-electron chi connectivity index (χ2n) is 5.14. The van der Waals surface area contributed by atoms with Gasteiger partial charge in [0.25, 0.3) is 0 Å². The molecular weight excluding hydrogens is 224 g/mol. The first-order valence-electron chi connectivity index (χ1n) is 6.79. The summed E-state index contributed by atoms with van der Waals surface area (Å²) in [5.74, 6) is 0. The van der Waals surface area contributed by atoms with Crippen molar-refractivity contribution < 1.29 is 0 Å². The SMILES string of the molecule is CCC1CN(Cc2ccc(CN)cn2)CCN1C. The third-order valence-corrected chi connectivity index (χ3v) is 3.84. The third-order valence-electron chi connectivity index (χ3n) is 3.84. The maximum Gasteiger partial charge on any atom is 0.0544 e. The van der Waals surface area contributed by atoms with E-state index in [0.29, 0.717) is 12.6 Å². The fourth-order valence-corrected chi connectivity index (χ4v) is 2.49. The minimum Gasteiger partial charge on any atom is -0.326 e. The summed E-state index contributed by atoms with van der Waals surface area (Å²) in [6, 6.07) is 4.86. The summed E-state index contributed by atoms with van der Waals surface area (Å²) in [6.07, 6.45) is 3.11. The van der Waals surface area contributed by atoms with Gasteiger partial charge in [0.2, 0.25) is 0 Å². The lowest BCUT2D eigenvalue weighted by molar-refractivity contribution is 0.0875. The first-order chi connectivity index (χ1) is 8.72. The second kappa shape index (κ2) is 6.27. The Hall–Kier alpha value is -0.970. The van der Waals surface area contributed by atoms with Crippen molar-refractivity contribution in [3.05, 3.63) is 29.6 Å². The number of hydrogen-bond donors (Lipinski definition) is 1. The van der Waals surface area contributed by atoms with Crippen LogP contribution in [0.5, 0.6) is 0 Å². The summed E-state index contributed by atoms with van der Waals surface area (Å²) in [5, 5.41) is 0. The van der Waals surface area contributed by atoms with E-state index in [1.807, 2.05) is 6.20 Å². The zero-order valence-electron chi connectivity index (χ0n) is 11.5. The molecule has 1 aliphatic heterocycles. The van der Waals surface area contributed by atoms with E-state index in [1.54, 1.807) is 0 Å². The van der Waals surface area contributed by atoms with Crippen LogP contribution in [0.4, 0.5) is 0 Å². The van der Waals surface area contributed by atoms with Crippen LogP contribution in [0.1, 0.15) is 24.6 Å². The van der Waals surface area contributed by atoms with Gasteiger partial charge in [0, 0.05) is 45.0 Å². The number of hydrogen-bond acceptors (Lipinski definition) is 4. The fraction of sp³-hybridized carbons (Fsp3) is 0.643. The van der Waals surface area contributed by atoms with Crippen molar-refractivity contribution in [1.29, 1.82) is 0 Å². The van der Waals surface area contributed by atoms with E-state index in [-0.39, 0.29) is 0 Å². The number of nitrogens with two attached hydrogens (primary N) is 1. The molecule has 2 rings (SSSR count). The molecule has 0 radical (unpaired) electrons. The lowest BCUT2D eigenvalue weighted by Crippen LogP contribution is -2.50. The Morgan fingerprint density at radius 2 is 2.22 bits per heavy atom. The van der Waals surface area contributed by atoms with Crippen LogP contribution < -0.4 is 5.73 Å². The van der Waals surface area contributed by atoms with Gasteiger partial charge < -0.3 is 10.6 Å². The highest BCUT2D eigenvalue weighted by atomic mass is 15.3. The van der Waals surface area contributed by atoms with E-state index in [0.717, 1.165) is 37.4 Å². The van der Waals surface area contributed by atoms with Crippen LogP contribution in [0.15, 0.2) is 18.3 Å². The molecule has 2 heterocycles. The lowest BCUT2D eigenvalue weighted by Gasteiger charge is -2.39. The Bertz CT molecular complexity index is 363. The van der Waals surface area contributed by atoms with E-state index >= 15 is 0 Å². The van der Waals surface area contributed by atoms with Gasteiger partial charge in [0.1, 0.15) is 0 Å². The minimum atomic E-state index is 0.569. The normalized spacial score (nSPS) is 22.3. The average molecular weight is 248 g/mol. The molecule has 4 nitrogen and oxygen atoms in total. The molecule has 0 amide bonds. The van der Waals surface area contributed by atoms with Crippen LogP contribution in [0, 0.1) is 0 Å². The first-order valence-corrected chi connectivity index (χ1v) is 6.79. The van der Waals surface area contributed by atoms with Gasteiger partial charge in [-0.05, 0) is 25.1 Å². The molecule has 0 bridgehead atoms. The summed E-state index contributed by atoms with van der Waals surface area (Å²) in [6.45, 7) is 7.22. The third kappa shape index (κ3) is 3.28. The number of aromatic nitrogens is 1. The van der Waals surface area contributed by atoms with E-state index in [4.69, 9.17) is 5.73 Å². The molecule has 1 fully saturated rings. The van der Waals surface area contributed by atoms with Crippen LogP contribution in [-0.2, 0) is 13.1 Å². The van der Waals surface area contributed by atoms with Gasteiger partial charge in [-0.25, -0.2) is 0 Å². The predicted octanol–water partition coefficient (Wildman–Crippen LogP) is 1.07. The Morgan fingerprint density at radius 3 is 2.83 bits per heavy atom. The van der Waals surface area contributed by atoms with Gasteiger partial charge >= 0.3 is 0 Å². The molecule has 1 unspecified atom stereocenters. The van der Waals surface area contributed by atoms with E-state index in [1.165, 1.54) is 6.42 Å². The Labute approximate surface area is 110 Å². The largest absolute Gasteiger partial charge is 0.326 e. The number of rotatable bonds is 4. The molecule has 1 aromatic heterocycles. The summed E-state index contributed by atoms with van der Waals surface area (Å²) < 4.78 is 0. The molecular formula is C14H24N4. The summed E-state index contributed by atoms with van der Waals surface area (Å²) >= 11 is 0. The molecule has 18 heavy (non-hydrogen) atoms. The predicted molar refractivity (Wildman–Crippen MR) is 74.1 cm³/mol. The molecule has 100 valence electrons. The van der Waals surface area contributed by atoms with Gasteiger partial charge in [-0.1, -0.05) is 13.0 Å². The van der Waals surface area contributed by atoms with Crippen LogP contribution in [0.25, 0.3) is 0 Å². The van der Waals surface area contributed by atoms with Crippen molar-refractivity contribution in [1.82, 2.24) is 14.8 Å². The van der Waals surface area contributed by atoms with Crippen molar-refractivity contribution in [3.63, 3.8) is 0 Å². The zero-order chi connectivity index (χ0) is 13.0. The number of piperazine rings is 1. The molecule has 2 N–H and O–H groups in total. The highest BCUT2D eigenvalue weighted by molar-refractivity contribution is 5.13. The Kier molecular flexibility index (Phi) is 4.69. The van der Waals surface area contributed by atoms with Gasteiger partial charge in [0.15, 0.2) is 0 Å². The van der Waals surface area contributed by atoms with Gasteiger partial charge in [0.05, 0.1) is 5.69 Å². The van der Waals surface area contributed by atoms with Gasteiger partial charge in [-0.2, -0.15) is 0 Å². The van der Waals surface area contributed by atoms with Crippen LogP contribution in [0.3, 0.4) is 0 Å². The molecule has 0 spiro atoms. The monoisotopic (exact) mass is 248 g/mol. The highest BCUT2D eigenvalue weighted by Gasteiger charge is 2.22. The van der Waals surface area contributed by atoms with Crippen molar-refractivity contribution in [2.75, 3.05) is 26.7 Å². The standard InChI is InChI=1S/C14H24N4/c1-3-14-11-18(7-6-17(14)2)10-13-5-4-12(8-15)9-16-13/h4-5,9,14H,3,6-8,10-11,15H2,1-2H3. The maximum absolute atomic E-state index is 5.58. The molecule has 1 atom stereocenters. The topological polar surface area (TPSA) is 45.4 Å². The van der Waals surface area contributed by atoms with Gasteiger partial charge in [-0.3, -0.25) is 9.88 Å². The maximum atomic E-state index is 5.58. The quantitative estimate of drug-likeness (QED) is 0.865. The molecule has 0 aromatic carbocycles. The van der Waals surface area contributed by atoms with Crippen molar-refractivity contribution in [2.45, 2.75) is 32.5 Å². The number of nitrogens with zero attached hydrogens (tertiary/aromatic N) is 3. The van der Waals surface area contributed by atoms with Crippen LogP contribution >= 0.6 is 0 Å². The molecule has 0 saturated carbocycles. The second-order valence-corrected chi connectivity index (χ2v) is 5.14. The fourth-order valence-electron chi connectivity index (χ4n) is 2.49. The van der Waals surface area contributed by atoms with Crippen LogP contribution in [-0.4, -0.2) is 47.5 Å². The van der Waals surface area contributed by atoms with Crippen molar-refractivity contribution in [2.24, 2.45) is 5.73 Å². The van der Waals surface area contributed by atoms with Gasteiger partial charge in [-0.15, -0.1) is 0 Å². The lowest BCUT2D eigenvalue weighted by atomic mass is 10.1. The first kappa shape index (κ1) is 13.5. The zero-order valence-corrected chi connectivity index (χ0v) is 11.5. The highest BCUT2D eigenvalue weighted by Crippen LogP contribution is 2.13. The number of pyridine rings is 1. The van der Waals surface area contributed by atoms with Crippen molar-refractivity contribution >= 4 is 0 Å². The molecule has 0 aliphatic carbocycles. The van der Waals surface area contributed by atoms with E-state index in [9.17, 15) is 0 Å². The summed E-state index contributed by atoms with van der Waals surface area (Å²) in [7, 11) is 2.22. The summed E-state index contributed by atoms with van der Waals surface area (Å²) in [4.78, 5) is 9.44. The van der Waals surface area contributed by atoms with E-state index < -0.39 is 0 Å². The van der Waals surface area contributed by atoms with Crippen LogP contribution in [0.2, 0.25) is 0 Å². The minimum absolute atomic E-state index is 0.569. The summed E-state index contributed by atoms with van der Waals surface area (Å²) in [5.41, 5.74) is 7.83. The molecule has 4 heteroatoms. The smallest absolute Gasteiger partial charge is 0.0544 e. The molecule has 1 aromatic rings. The van der Waals surface area contributed by atoms with E-state index in [2.05, 4.69) is 40.9 Å². The average Bonchev–Trinajstić information content (AvgIpc) is 2.42. The molecule has 1 aliphatic rings. The molecule has 1 saturated heterocycles.